The molecule has 8 nitrogen and oxygen atoms in total. The van der Waals surface area contributed by atoms with Crippen molar-refractivity contribution in [3.05, 3.63) is 53.7 Å². The maximum Gasteiger partial charge on any atom is 0.324 e. The third-order valence-corrected chi connectivity index (χ3v) is 5.54. The summed E-state index contributed by atoms with van der Waals surface area (Å²) in [5, 5.41) is 0.872. The van der Waals surface area contributed by atoms with E-state index in [-0.39, 0.29) is 0 Å². The zero-order valence-corrected chi connectivity index (χ0v) is 18.6. The third kappa shape index (κ3) is 3.62. The zero-order chi connectivity index (χ0) is 23.0. The van der Waals surface area contributed by atoms with Crippen molar-refractivity contribution < 1.29 is 33.3 Å². The number of carbonyl (C=O) groups is 2. The molecule has 1 saturated heterocycles. The van der Waals surface area contributed by atoms with E-state index in [0.717, 1.165) is 16.5 Å². The van der Waals surface area contributed by atoms with Crippen LogP contribution >= 0.6 is 0 Å². The highest BCUT2D eigenvalue weighted by Crippen LogP contribution is 2.46. The van der Waals surface area contributed by atoms with Crippen LogP contribution in [0.1, 0.15) is 30.9 Å². The number of H-pyrrole nitrogens is 1. The fraction of sp³-hybridized carbons (Fsp3) is 0.333. The van der Waals surface area contributed by atoms with Gasteiger partial charge in [0.15, 0.2) is 17.4 Å². The molecule has 1 N–H and O–H groups in total. The molecule has 0 saturated carbocycles. The largest absolute Gasteiger partial charge is 0.493 e. The molecule has 168 valence electrons. The molecule has 4 rings (SSSR count). The first kappa shape index (κ1) is 21.5. The Morgan fingerprint density at radius 3 is 2.09 bits per heavy atom. The molecule has 2 aromatic carbocycles. The molecule has 1 atom stereocenters. The Morgan fingerprint density at radius 2 is 1.53 bits per heavy atom. The average molecular weight is 439 g/mol. The van der Waals surface area contributed by atoms with Crippen LogP contribution in [-0.4, -0.2) is 44.0 Å². The second kappa shape index (κ2) is 8.11. The van der Waals surface area contributed by atoms with Gasteiger partial charge in [0, 0.05) is 36.9 Å². The Labute approximate surface area is 185 Å². The molecule has 0 aliphatic carbocycles. The quantitative estimate of drug-likeness (QED) is 0.461. The van der Waals surface area contributed by atoms with Crippen LogP contribution in [-0.2, 0) is 19.1 Å². The minimum Gasteiger partial charge on any atom is -0.493 e. The standard InChI is InChI=1S/C24H25NO7/c1-24(2)31-22(26)20(23(27)32-24)19(15-12-25-16-9-7-6-8-14(15)16)13-10-17(28-3)21(30-5)18(11-13)29-4/h6-12,19-20,25H,1-5H3/t19-/m0/s1. The van der Waals surface area contributed by atoms with Gasteiger partial charge in [-0.1, -0.05) is 18.2 Å². The van der Waals surface area contributed by atoms with Crippen LogP contribution in [0.3, 0.4) is 0 Å². The highest BCUT2D eigenvalue weighted by atomic mass is 16.7. The van der Waals surface area contributed by atoms with E-state index in [2.05, 4.69) is 4.98 Å². The monoisotopic (exact) mass is 439 g/mol. The normalized spacial score (nSPS) is 16.9. The molecule has 1 aromatic heterocycles. The van der Waals surface area contributed by atoms with Gasteiger partial charge in [0.05, 0.1) is 21.3 Å². The van der Waals surface area contributed by atoms with Crippen molar-refractivity contribution in [2.45, 2.75) is 25.6 Å². The lowest BCUT2D eigenvalue weighted by atomic mass is 9.79. The van der Waals surface area contributed by atoms with Crippen molar-refractivity contribution in [3.63, 3.8) is 0 Å². The van der Waals surface area contributed by atoms with Crippen LogP contribution in [0.15, 0.2) is 42.6 Å². The van der Waals surface area contributed by atoms with Gasteiger partial charge in [0.25, 0.3) is 5.79 Å². The minimum atomic E-state index is -1.33. The smallest absolute Gasteiger partial charge is 0.324 e. The maximum absolute atomic E-state index is 13.1. The van der Waals surface area contributed by atoms with Crippen LogP contribution in [0.5, 0.6) is 17.2 Å². The number of para-hydroxylation sites is 1. The Bertz CT molecular complexity index is 1140. The molecule has 3 aromatic rings. The van der Waals surface area contributed by atoms with Crippen molar-refractivity contribution in [2.75, 3.05) is 21.3 Å². The highest BCUT2D eigenvalue weighted by Gasteiger charge is 2.49. The van der Waals surface area contributed by atoms with Crippen molar-refractivity contribution in [3.8, 4) is 17.2 Å². The summed E-state index contributed by atoms with van der Waals surface area (Å²) in [6, 6.07) is 11.1. The first-order valence-electron chi connectivity index (χ1n) is 10.1. The second-order valence-electron chi connectivity index (χ2n) is 7.95. The molecular weight excluding hydrogens is 414 g/mol. The molecule has 1 aliphatic rings. The Hall–Kier alpha value is -3.68. The summed E-state index contributed by atoms with van der Waals surface area (Å²) in [4.78, 5) is 29.4. The van der Waals surface area contributed by atoms with Gasteiger partial charge in [0.2, 0.25) is 5.75 Å². The number of hydrogen-bond acceptors (Lipinski definition) is 7. The van der Waals surface area contributed by atoms with Gasteiger partial charge in [-0.3, -0.25) is 9.59 Å². The van der Waals surface area contributed by atoms with Gasteiger partial charge >= 0.3 is 11.9 Å². The molecule has 1 fully saturated rings. The van der Waals surface area contributed by atoms with E-state index in [9.17, 15) is 9.59 Å². The van der Waals surface area contributed by atoms with Gasteiger partial charge < -0.3 is 28.7 Å². The van der Waals surface area contributed by atoms with Gasteiger partial charge in [-0.25, -0.2) is 0 Å². The summed E-state index contributed by atoms with van der Waals surface area (Å²) in [6.45, 7) is 3.05. The Balaban J connectivity index is 1.95. The molecule has 0 bridgehead atoms. The Morgan fingerprint density at radius 1 is 0.938 bits per heavy atom. The number of benzene rings is 2. The minimum absolute atomic E-state index is 0.407. The van der Waals surface area contributed by atoms with E-state index in [4.69, 9.17) is 23.7 Å². The van der Waals surface area contributed by atoms with E-state index in [1.807, 2.05) is 24.3 Å². The number of nitrogens with one attached hydrogen (secondary N) is 1. The van der Waals surface area contributed by atoms with E-state index >= 15 is 0 Å². The van der Waals surface area contributed by atoms with E-state index in [0.29, 0.717) is 22.8 Å². The van der Waals surface area contributed by atoms with Crippen molar-refractivity contribution in [2.24, 2.45) is 5.92 Å². The lowest BCUT2D eigenvalue weighted by Gasteiger charge is -2.36. The topological polar surface area (TPSA) is 96.1 Å². The number of methoxy groups -OCH3 is 3. The lowest BCUT2D eigenvalue weighted by Crippen LogP contribution is -2.48. The summed E-state index contributed by atoms with van der Waals surface area (Å²) < 4.78 is 27.3. The number of cyclic esters (lactones) is 2. The van der Waals surface area contributed by atoms with Crippen molar-refractivity contribution >= 4 is 22.8 Å². The van der Waals surface area contributed by atoms with E-state index in [1.54, 1.807) is 18.3 Å². The number of aromatic nitrogens is 1. The molecule has 1 aliphatic heterocycles. The number of carbonyl (C=O) groups excluding carboxylic acids is 2. The van der Waals surface area contributed by atoms with Crippen molar-refractivity contribution in [1.29, 1.82) is 0 Å². The molecule has 8 heteroatoms. The molecular formula is C24H25NO7. The summed E-state index contributed by atoms with van der Waals surface area (Å²) in [5.41, 5.74) is 2.23. The molecule has 0 spiro atoms. The lowest BCUT2D eigenvalue weighted by molar-refractivity contribution is -0.240. The van der Waals surface area contributed by atoms with E-state index in [1.165, 1.54) is 35.2 Å². The first-order valence-corrected chi connectivity index (χ1v) is 10.1. The summed E-state index contributed by atoms with van der Waals surface area (Å²) in [7, 11) is 4.52. The van der Waals surface area contributed by atoms with Crippen LogP contribution in [0, 0.1) is 5.92 Å². The van der Waals surface area contributed by atoms with Crippen LogP contribution in [0.25, 0.3) is 10.9 Å². The van der Waals surface area contributed by atoms with Gasteiger partial charge in [-0.15, -0.1) is 0 Å². The molecule has 0 radical (unpaired) electrons. The number of hydrogen-bond donors (Lipinski definition) is 1. The maximum atomic E-state index is 13.1. The fourth-order valence-electron chi connectivity index (χ4n) is 4.18. The second-order valence-corrected chi connectivity index (χ2v) is 7.95. The van der Waals surface area contributed by atoms with Crippen LogP contribution in [0.4, 0.5) is 0 Å². The van der Waals surface area contributed by atoms with E-state index < -0.39 is 29.6 Å². The highest BCUT2D eigenvalue weighted by molar-refractivity contribution is 5.99. The number of ether oxygens (including phenoxy) is 5. The fourth-order valence-corrected chi connectivity index (χ4v) is 4.18. The average Bonchev–Trinajstić information content (AvgIpc) is 3.18. The van der Waals surface area contributed by atoms with Crippen molar-refractivity contribution in [1.82, 2.24) is 4.98 Å². The molecule has 2 heterocycles. The number of aromatic amines is 1. The molecule has 0 unspecified atom stereocenters. The molecule has 32 heavy (non-hydrogen) atoms. The zero-order valence-electron chi connectivity index (χ0n) is 18.6. The number of fused-ring (bicyclic) bond motifs is 1. The predicted molar refractivity (Wildman–Crippen MR) is 116 cm³/mol. The number of esters is 2. The Kier molecular flexibility index (Phi) is 5.46. The van der Waals surface area contributed by atoms with Gasteiger partial charge in [-0.05, 0) is 29.3 Å². The summed E-state index contributed by atoms with van der Waals surface area (Å²) >= 11 is 0. The van der Waals surface area contributed by atoms with Gasteiger partial charge in [0.1, 0.15) is 0 Å². The van der Waals surface area contributed by atoms with Gasteiger partial charge in [-0.2, -0.15) is 0 Å². The SMILES string of the molecule is COc1cc([C@@H](c2c[nH]c3ccccc23)C2C(=O)OC(C)(C)OC2=O)cc(OC)c1OC. The first-order chi connectivity index (χ1) is 15.3. The predicted octanol–water partition coefficient (Wildman–Crippen LogP) is 3.78. The summed E-state index contributed by atoms with van der Waals surface area (Å²) in [6.07, 6.45) is 1.79. The number of rotatable bonds is 6. The summed E-state index contributed by atoms with van der Waals surface area (Å²) in [5.74, 6) is -3.36. The van der Waals surface area contributed by atoms with Crippen LogP contribution in [0.2, 0.25) is 0 Å². The molecule has 0 amide bonds. The van der Waals surface area contributed by atoms with Crippen LogP contribution < -0.4 is 14.2 Å². The third-order valence-electron chi connectivity index (χ3n) is 5.54.